The summed E-state index contributed by atoms with van der Waals surface area (Å²) in [6.07, 6.45) is 9.16. The number of aromatic nitrogens is 1. The Bertz CT molecular complexity index is 1490. The van der Waals surface area contributed by atoms with E-state index in [1.165, 1.54) is 25.7 Å². The van der Waals surface area contributed by atoms with Gasteiger partial charge in [0.15, 0.2) is 0 Å². The fourth-order valence-electron chi connectivity index (χ4n) is 6.40. The maximum atomic E-state index is 14.3. The molecule has 0 spiro atoms. The van der Waals surface area contributed by atoms with Crippen LogP contribution in [0.15, 0.2) is 60.1 Å². The maximum absolute atomic E-state index is 14.3. The number of ether oxygens (including phenoxy) is 1. The van der Waals surface area contributed by atoms with Crippen LogP contribution in [0.5, 0.6) is 0 Å². The molecule has 3 aromatic rings. The number of nitrogens with two attached hydrogens (primary N) is 1. The van der Waals surface area contributed by atoms with Crippen LogP contribution in [0.4, 0.5) is 0 Å². The van der Waals surface area contributed by atoms with Crippen molar-refractivity contribution in [1.29, 1.82) is 0 Å². The summed E-state index contributed by atoms with van der Waals surface area (Å²) in [7, 11) is 0. The number of likely N-dealkylation sites (tertiary alicyclic amines) is 1. The van der Waals surface area contributed by atoms with Crippen LogP contribution in [-0.2, 0) is 32.3 Å². The average molecular weight is 704 g/mol. The zero-order valence-electron chi connectivity index (χ0n) is 30.4. The van der Waals surface area contributed by atoms with Gasteiger partial charge in [-0.3, -0.25) is 14.4 Å². The molecule has 2 heterocycles. The van der Waals surface area contributed by atoms with Gasteiger partial charge >= 0.3 is 0 Å². The summed E-state index contributed by atoms with van der Waals surface area (Å²) in [6.45, 7) is 9.61. The Morgan fingerprint density at radius 3 is 2.22 bits per heavy atom. The first-order chi connectivity index (χ1) is 24.1. The molecule has 1 aliphatic rings. The Morgan fingerprint density at radius 2 is 1.60 bits per heavy atom. The second kappa shape index (κ2) is 19.7. The van der Waals surface area contributed by atoms with Crippen LogP contribution in [0.2, 0.25) is 0 Å². The second-order valence-electron chi connectivity index (χ2n) is 14.6. The van der Waals surface area contributed by atoms with E-state index >= 15 is 0 Å². The Balaban J connectivity index is 1.38. The molecule has 3 unspecified atom stereocenters. The van der Waals surface area contributed by atoms with E-state index in [2.05, 4.69) is 15.6 Å². The zero-order valence-corrected chi connectivity index (χ0v) is 31.2. The number of hydrogen-bond acceptors (Lipinski definition) is 7. The van der Waals surface area contributed by atoms with Crippen LogP contribution >= 0.6 is 11.3 Å². The van der Waals surface area contributed by atoms with E-state index in [1.54, 1.807) is 16.2 Å². The standard InChI is InChI=1S/C40H57N5O4S/c1-29-36(50-28-43-29)32-21-19-30(20-22-32)25-42-38(47)34-24-33(49-27-31-16-12-11-13-17-31)26-45(34)39(48)37(40(2,3)4)44-35(46)18-14-9-7-5-6-8-10-15-23-41/h11-13,16-17,19-22,28,33-34,37H,5-10,14-15,18,23-27,41H2,1-4H3,(H,42,47)(H,44,46). The van der Waals surface area contributed by atoms with Crippen LogP contribution < -0.4 is 16.4 Å². The van der Waals surface area contributed by atoms with Gasteiger partial charge in [-0.2, -0.15) is 0 Å². The van der Waals surface area contributed by atoms with Gasteiger partial charge in [0, 0.05) is 25.9 Å². The highest BCUT2D eigenvalue weighted by Gasteiger charge is 2.45. The molecule has 1 aromatic heterocycles. The third kappa shape index (κ3) is 12.0. The molecule has 1 aliphatic heterocycles. The van der Waals surface area contributed by atoms with Crippen LogP contribution in [0.25, 0.3) is 10.4 Å². The molecule has 0 bridgehead atoms. The predicted octanol–water partition coefficient (Wildman–Crippen LogP) is 6.92. The van der Waals surface area contributed by atoms with Crippen molar-refractivity contribution in [3.05, 3.63) is 76.9 Å². The molecule has 3 amide bonds. The molecule has 0 saturated carbocycles. The number of aryl methyl sites for hydroxylation is 1. The summed E-state index contributed by atoms with van der Waals surface area (Å²) in [6, 6.07) is 16.5. The van der Waals surface area contributed by atoms with E-state index in [9.17, 15) is 14.4 Å². The number of carbonyl (C=O) groups is 3. The lowest BCUT2D eigenvalue weighted by Crippen LogP contribution is -2.57. The molecule has 272 valence electrons. The first-order valence-corrected chi connectivity index (χ1v) is 19.2. The van der Waals surface area contributed by atoms with Crippen molar-refractivity contribution in [3.8, 4) is 10.4 Å². The number of rotatable bonds is 19. The summed E-state index contributed by atoms with van der Waals surface area (Å²) in [5.74, 6) is -0.609. The number of nitrogens with zero attached hydrogens (tertiary/aromatic N) is 2. The number of amides is 3. The second-order valence-corrected chi connectivity index (χ2v) is 15.4. The van der Waals surface area contributed by atoms with Crippen LogP contribution in [0, 0.1) is 12.3 Å². The van der Waals surface area contributed by atoms with E-state index in [0.717, 1.165) is 59.5 Å². The third-order valence-corrected chi connectivity index (χ3v) is 10.4. The molecule has 9 nitrogen and oxygen atoms in total. The minimum Gasteiger partial charge on any atom is -0.372 e. The van der Waals surface area contributed by atoms with Gasteiger partial charge in [-0.15, -0.1) is 11.3 Å². The Labute approximate surface area is 302 Å². The largest absolute Gasteiger partial charge is 0.372 e. The lowest BCUT2D eigenvalue weighted by Gasteiger charge is -2.35. The van der Waals surface area contributed by atoms with Crippen LogP contribution in [-0.4, -0.2) is 58.9 Å². The van der Waals surface area contributed by atoms with E-state index in [0.29, 0.717) is 26.0 Å². The molecule has 4 N–H and O–H groups in total. The Hall–Kier alpha value is -3.60. The normalized spacial score (nSPS) is 16.7. The van der Waals surface area contributed by atoms with E-state index in [4.69, 9.17) is 10.5 Å². The molecular weight excluding hydrogens is 647 g/mol. The van der Waals surface area contributed by atoms with Crippen LogP contribution in [0.3, 0.4) is 0 Å². The molecular formula is C40H57N5O4S. The number of carbonyl (C=O) groups excluding carboxylic acids is 3. The first kappa shape index (κ1) is 39.2. The predicted molar refractivity (Wildman–Crippen MR) is 201 cm³/mol. The van der Waals surface area contributed by atoms with E-state index in [1.807, 2.05) is 87.8 Å². The molecule has 10 heteroatoms. The number of nitrogens with one attached hydrogen (secondary N) is 2. The Morgan fingerprint density at radius 1 is 0.940 bits per heavy atom. The van der Waals surface area contributed by atoms with Gasteiger partial charge in [-0.05, 0) is 48.4 Å². The summed E-state index contributed by atoms with van der Waals surface area (Å²) < 4.78 is 6.26. The first-order valence-electron chi connectivity index (χ1n) is 18.3. The highest BCUT2D eigenvalue weighted by molar-refractivity contribution is 7.13. The summed E-state index contributed by atoms with van der Waals surface area (Å²) in [5, 5.41) is 6.12. The lowest BCUT2D eigenvalue weighted by molar-refractivity contribution is -0.144. The smallest absolute Gasteiger partial charge is 0.246 e. The molecule has 3 atom stereocenters. The minimum atomic E-state index is -0.775. The molecule has 0 aliphatic carbocycles. The van der Waals surface area contributed by atoms with Gasteiger partial charge < -0.3 is 26.0 Å². The van der Waals surface area contributed by atoms with Crippen molar-refractivity contribution in [1.82, 2.24) is 20.5 Å². The molecule has 1 saturated heterocycles. The SMILES string of the molecule is Cc1ncsc1-c1ccc(CNC(=O)C2CC(OCc3ccccc3)CN2C(=O)C(NC(=O)CCCCCCCCCCN)C(C)(C)C)cc1. The number of unbranched alkanes of at least 4 members (excludes halogenated alkanes) is 7. The highest BCUT2D eigenvalue weighted by atomic mass is 32.1. The van der Waals surface area contributed by atoms with Gasteiger partial charge in [-0.1, -0.05) is 114 Å². The van der Waals surface area contributed by atoms with Gasteiger partial charge in [0.05, 0.1) is 28.8 Å². The van der Waals surface area contributed by atoms with Crippen molar-refractivity contribution in [3.63, 3.8) is 0 Å². The topological polar surface area (TPSA) is 127 Å². The minimum absolute atomic E-state index is 0.129. The Kier molecular flexibility index (Phi) is 15.4. The fraction of sp³-hybridized carbons (Fsp3) is 0.550. The highest BCUT2D eigenvalue weighted by Crippen LogP contribution is 2.29. The van der Waals surface area contributed by atoms with Gasteiger partial charge in [0.2, 0.25) is 17.7 Å². The maximum Gasteiger partial charge on any atom is 0.246 e. The molecule has 0 radical (unpaired) electrons. The van der Waals surface area contributed by atoms with Gasteiger partial charge in [-0.25, -0.2) is 4.98 Å². The summed E-state index contributed by atoms with van der Waals surface area (Å²) >= 11 is 1.61. The lowest BCUT2D eigenvalue weighted by atomic mass is 9.85. The van der Waals surface area contributed by atoms with Crippen molar-refractivity contribution >= 4 is 29.1 Å². The van der Waals surface area contributed by atoms with Crippen molar-refractivity contribution in [2.75, 3.05) is 13.1 Å². The number of thiazole rings is 1. The molecule has 2 aromatic carbocycles. The number of hydrogen-bond donors (Lipinski definition) is 3. The van der Waals surface area contributed by atoms with Gasteiger partial charge in [0.1, 0.15) is 12.1 Å². The van der Waals surface area contributed by atoms with Crippen molar-refractivity contribution in [2.45, 2.75) is 123 Å². The van der Waals surface area contributed by atoms with Crippen LogP contribution in [0.1, 0.15) is 102 Å². The van der Waals surface area contributed by atoms with E-state index < -0.39 is 17.5 Å². The number of benzene rings is 2. The molecule has 4 rings (SSSR count). The van der Waals surface area contributed by atoms with E-state index in [-0.39, 0.29) is 30.4 Å². The summed E-state index contributed by atoms with van der Waals surface area (Å²) in [4.78, 5) is 48.3. The monoisotopic (exact) mass is 703 g/mol. The van der Waals surface area contributed by atoms with Crippen molar-refractivity contribution in [2.24, 2.45) is 11.1 Å². The average Bonchev–Trinajstić information content (AvgIpc) is 3.74. The van der Waals surface area contributed by atoms with Gasteiger partial charge in [0.25, 0.3) is 0 Å². The molecule has 1 fully saturated rings. The van der Waals surface area contributed by atoms with Crippen molar-refractivity contribution < 1.29 is 19.1 Å². The molecule has 50 heavy (non-hydrogen) atoms. The summed E-state index contributed by atoms with van der Waals surface area (Å²) in [5.41, 5.74) is 10.9. The quantitative estimate of drug-likeness (QED) is 0.116. The fourth-order valence-corrected chi connectivity index (χ4v) is 7.21. The third-order valence-electron chi connectivity index (χ3n) is 9.38. The zero-order chi connectivity index (χ0) is 35.9.